The molecule has 3 amide bonds. The van der Waals surface area contributed by atoms with Gasteiger partial charge in [0.05, 0.1) is 11.5 Å². The van der Waals surface area contributed by atoms with E-state index < -0.39 is 11.1 Å². The lowest BCUT2D eigenvalue weighted by molar-refractivity contribution is -0.118. The standard InChI is InChI=1S/C22H22N2O5S/c1-4-28-18-10-15(11-19-21(26)24-22(27)30-19)7-8-17(18)29-12-20(25)23-16-9-13(2)5-6-14(16)3/h5-11H,4,12H2,1-3H3,(H,23,25)(H,24,26,27)/b19-11-. The van der Waals surface area contributed by atoms with E-state index in [1.807, 2.05) is 39.0 Å². The number of amides is 3. The molecule has 1 saturated heterocycles. The quantitative estimate of drug-likeness (QED) is 0.649. The lowest BCUT2D eigenvalue weighted by Crippen LogP contribution is -2.21. The first-order valence-electron chi connectivity index (χ1n) is 9.37. The summed E-state index contributed by atoms with van der Waals surface area (Å²) in [6.07, 6.45) is 1.60. The summed E-state index contributed by atoms with van der Waals surface area (Å²) in [7, 11) is 0. The molecule has 1 heterocycles. The van der Waals surface area contributed by atoms with E-state index in [0.717, 1.165) is 28.6 Å². The van der Waals surface area contributed by atoms with Crippen LogP contribution >= 0.6 is 11.8 Å². The van der Waals surface area contributed by atoms with Crippen LogP contribution in [-0.4, -0.2) is 30.3 Å². The maximum absolute atomic E-state index is 12.3. The van der Waals surface area contributed by atoms with Crippen LogP contribution in [0, 0.1) is 13.8 Å². The van der Waals surface area contributed by atoms with Gasteiger partial charge < -0.3 is 14.8 Å². The van der Waals surface area contributed by atoms with Crippen molar-refractivity contribution in [3.63, 3.8) is 0 Å². The van der Waals surface area contributed by atoms with E-state index in [9.17, 15) is 14.4 Å². The van der Waals surface area contributed by atoms with Gasteiger partial charge in [0, 0.05) is 5.69 Å². The van der Waals surface area contributed by atoms with Gasteiger partial charge in [0.25, 0.3) is 17.1 Å². The normalized spacial score (nSPS) is 14.6. The molecule has 3 rings (SSSR count). The highest BCUT2D eigenvalue weighted by Crippen LogP contribution is 2.32. The van der Waals surface area contributed by atoms with Crippen molar-refractivity contribution < 1.29 is 23.9 Å². The van der Waals surface area contributed by atoms with Crippen molar-refractivity contribution in [2.45, 2.75) is 20.8 Å². The second-order valence-electron chi connectivity index (χ2n) is 6.65. The van der Waals surface area contributed by atoms with Crippen LogP contribution in [-0.2, 0) is 9.59 Å². The second kappa shape index (κ2) is 9.49. The van der Waals surface area contributed by atoms with Gasteiger partial charge in [-0.05, 0) is 73.5 Å². The van der Waals surface area contributed by atoms with Crippen molar-refractivity contribution in [2.24, 2.45) is 0 Å². The number of hydrogen-bond donors (Lipinski definition) is 2. The number of anilines is 1. The van der Waals surface area contributed by atoms with Gasteiger partial charge in [0.1, 0.15) is 0 Å². The largest absolute Gasteiger partial charge is 0.490 e. The third-order valence-electron chi connectivity index (χ3n) is 4.23. The van der Waals surface area contributed by atoms with Crippen LogP contribution in [0.4, 0.5) is 10.5 Å². The molecule has 0 aromatic heterocycles. The summed E-state index contributed by atoms with van der Waals surface area (Å²) in [5, 5.41) is 4.67. The fraction of sp³-hybridized carbons (Fsp3) is 0.227. The Kier molecular flexibility index (Phi) is 6.79. The molecule has 0 saturated carbocycles. The monoisotopic (exact) mass is 426 g/mol. The molecule has 0 atom stereocenters. The molecule has 30 heavy (non-hydrogen) atoms. The number of ether oxygens (including phenoxy) is 2. The zero-order valence-electron chi connectivity index (χ0n) is 16.9. The summed E-state index contributed by atoms with van der Waals surface area (Å²) in [5.41, 5.74) is 3.44. The van der Waals surface area contributed by atoms with Crippen molar-refractivity contribution in [3.8, 4) is 11.5 Å². The molecule has 7 nitrogen and oxygen atoms in total. The van der Waals surface area contributed by atoms with Crippen molar-refractivity contribution >= 4 is 40.6 Å². The predicted molar refractivity (Wildman–Crippen MR) is 117 cm³/mol. The highest BCUT2D eigenvalue weighted by molar-refractivity contribution is 8.18. The van der Waals surface area contributed by atoms with Gasteiger partial charge in [-0.15, -0.1) is 0 Å². The Morgan fingerprint density at radius 3 is 2.60 bits per heavy atom. The van der Waals surface area contributed by atoms with Crippen LogP contribution in [0.5, 0.6) is 11.5 Å². The Morgan fingerprint density at radius 2 is 1.90 bits per heavy atom. The van der Waals surface area contributed by atoms with Gasteiger partial charge in [-0.3, -0.25) is 19.7 Å². The van der Waals surface area contributed by atoms with E-state index in [1.54, 1.807) is 24.3 Å². The summed E-state index contributed by atoms with van der Waals surface area (Å²) < 4.78 is 11.3. The third kappa shape index (κ3) is 5.42. The fourth-order valence-corrected chi connectivity index (χ4v) is 3.46. The molecule has 2 aromatic rings. The average Bonchev–Trinajstić information content (AvgIpc) is 3.01. The van der Waals surface area contributed by atoms with Crippen molar-refractivity contribution in [1.82, 2.24) is 5.32 Å². The van der Waals surface area contributed by atoms with Gasteiger partial charge >= 0.3 is 0 Å². The summed E-state index contributed by atoms with van der Waals surface area (Å²) in [6, 6.07) is 10.9. The minimum atomic E-state index is -0.425. The van der Waals surface area contributed by atoms with E-state index in [1.165, 1.54) is 0 Å². The molecule has 0 aliphatic carbocycles. The topological polar surface area (TPSA) is 93.7 Å². The Labute approximate surface area is 178 Å². The number of rotatable bonds is 7. The number of hydrogen-bond acceptors (Lipinski definition) is 6. The Bertz CT molecular complexity index is 1030. The van der Waals surface area contributed by atoms with Crippen molar-refractivity contribution in [1.29, 1.82) is 0 Å². The molecular weight excluding hydrogens is 404 g/mol. The Morgan fingerprint density at radius 1 is 1.10 bits per heavy atom. The van der Waals surface area contributed by atoms with Crippen LogP contribution in [0.3, 0.4) is 0 Å². The van der Waals surface area contributed by atoms with Gasteiger partial charge in [-0.2, -0.15) is 0 Å². The summed E-state index contributed by atoms with van der Waals surface area (Å²) in [4.78, 5) is 35.6. The van der Waals surface area contributed by atoms with Gasteiger partial charge in [-0.25, -0.2) is 0 Å². The summed E-state index contributed by atoms with van der Waals surface area (Å²) >= 11 is 0.846. The van der Waals surface area contributed by atoms with Crippen LogP contribution in [0.1, 0.15) is 23.6 Å². The SMILES string of the molecule is CCOc1cc(/C=C2\SC(=O)NC2=O)ccc1OCC(=O)Nc1cc(C)ccc1C. The van der Waals surface area contributed by atoms with E-state index in [-0.39, 0.29) is 12.5 Å². The van der Waals surface area contributed by atoms with Crippen LogP contribution in [0.25, 0.3) is 6.08 Å². The molecule has 0 radical (unpaired) electrons. The molecule has 1 aliphatic heterocycles. The van der Waals surface area contributed by atoms with Gasteiger partial charge in [0.15, 0.2) is 18.1 Å². The molecule has 1 fully saturated rings. The summed E-state index contributed by atoms with van der Waals surface area (Å²) in [6.45, 7) is 5.94. The van der Waals surface area contributed by atoms with E-state index in [2.05, 4.69) is 10.6 Å². The summed E-state index contributed by atoms with van der Waals surface area (Å²) in [5.74, 6) is 0.150. The zero-order valence-corrected chi connectivity index (χ0v) is 17.7. The van der Waals surface area contributed by atoms with Crippen LogP contribution in [0.15, 0.2) is 41.3 Å². The molecule has 156 valence electrons. The molecule has 1 aliphatic rings. The zero-order chi connectivity index (χ0) is 21.7. The first kappa shape index (κ1) is 21.4. The second-order valence-corrected chi connectivity index (χ2v) is 7.66. The predicted octanol–water partition coefficient (Wildman–Crippen LogP) is 4.04. The third-order valence-corrected chi connectivity index (χ3v) is 5.04. The number of carbonyl (C=O) groups excluding carboxylic acids is 3. The minimum absolute atomic E-state index is 0.180. The number of carbonyl (C=O) groups is 3. The Balaban J connectivity index is 1.70. The van der Waals surface area contributed by atoms with Crippen LogP contribution < -0.4 is 20.1 Å². The van der Waals surface area contributed by atoms with E-state index in [0.29, 0.717) is 28.6 Å². The van der Waals surface area contributed by atoms with Gasteiger partial charge in [0.2, 0.25) is 0 Å². The number of imide groups is 1. The maximum atomic E-state index is 12.3. The maximum Gasteiger partial charge on any atom is 0.290 e. The molecule has 0 bridgehead atoms. The van der Waals surface area contributed by atoms with E-state index >= 15 is 0 Å². The molecule has 8 heteroatoms. The lowest BCUT2D eigenvalue weighted by Gasteiger charge is -2.13. The highest BCUT2D eigenvalue weighted by atomic mass is 32.2. The smallest absolute Gasteiger partial charge is 0.290 e. The molecule has 2 aromatic carbocycles. The fourth-order valence-electron chi connectivity index (χ4n) is 2.77. The molecule has 0 spiro atoms. The Hall–Kier alpha value is -3.26. The lowest BCUT2D eigenvalue weighted by atomic mass is 10.1. The van der Waals surface area contributed by atoms with Crippen molar-refractivity contribution in [3.05, 3.63) is 58.0 Å². The highest BCUT2D eigenvalue weighted by Gasteiger charge is 2.25. The molecule has 0 unspecified atom stereocenters. The number of benzene rings is 2. The number of aryl methyl sites for hydroxylation is 2. The van der Waals surface area contributed by atoms with Gasteiger partial charge in [-0.1, -0.05) is 18.2 Å². The number of thioether (sulfide) groups is 1. The average molecular weight is 426 g/mol. The molecule has 2 N–H and O–H groups in total. The first-order chi connectivity index (χ1) is 14.4. The first-order valence-corrected chi connectivity index (χ1v) is 10.2. The number of nitrogens with one attached hydrogen (secondary N) is 2. The molecular formula is C22H22N2O5S. The van der Waals surface area contributed by atoms with Crippen LogP contribution in [0.2, 0.25) is 0 Å². The van der Waals surface area contributed by atoms with E-state index in [4.69, 9.17) is 9.47 Å². The van der Waals surface area contributed by atoms with Crippen molar-refractivity contribution in [2.75, 3.05) is 18.5 Å². The minimum Gasteiger partial charge on any atom is -0.490 e.